The summed E-state index contributed by atoms with van der Waals surface area (Å²) in [6.07, 6.45) is 0.768. The van der Waals surface area contributed by atoms with Crippen molar-refractivity contribution in [3.8, 4) is 0 Å². The molecular weight excluding hydrogens is 372 g/mol. The molecule has 1 aromatic rings. The minimum absolute atomic E-state index is 0.0652. The first-order valence-electron chi connectivity index (χ1n) is 10.9. The van der Waals surface area contributed by atoms with Gasteiger partial charge in [-0.25, -0.2) is 4.79 Å². The summed E-state index contributed by atoms with van der Waals surface area (Å²) in [5, 5.41) is 5.17. The highest BCUT2D eigenvalue weighted by molar-refractivity contribution is 5.89. The molecule has 0 unspecified atom stereocenters. The van der Waals surface area contributed by atoms with Gasteiger partial charge in [0.1, 0.15) is 12.8 Å². The van der Waals surface area contributed by atoms with Crippen molar-refractivity contribution in [2.24, 2.45) is 17.8 Å². The maximum absolute atomic E-state index is 12.9. The molecule has 1 saturated heterocycles. The van der Waals surface area contributed by atoms with E-state index in [9.17, 15) is 19.2 Å². The van der Waals surface area contributed by atoms with Crippen LogP contribution in [0.3, 0.4) is 0 Å². The highest BCUT2D eigenvalue weighted by atomic mass is 16.5. The van der Waals surface area contributed by atoms with Crippen molar-refractivity contribution in [1.29, 1.82) is 0 Å². The number of rotatable bonds is 11. The van der Waals surface area contributed by atoms with E-state index in [-0.39, 0.29) is 41.9 Å². The summed E-state index contributed by atoms with van der Waals surface area (Å²) in [5.74, 6) is -1.30. The lowest BCUT2D eigenvalue weighted by Crippen LogP contribution is -2.42. The molecule has 0 saturated carbocycles. The third-order valence-corrected chi connectivity index (χ3v) is 4.83. The SMILES string of the molecule is [2H]C([2H])(OC(=O)N[C@@H](CC(C)C)C(=O)C[C@H](C=O)C[C@@H]1CCNC1=O)c1ccccc1. The fraction of sp³-hybridized carbons (Fsp3) is 0.545. The van der Waals surface area contributed by atoms with Crippen molar-refractivity contribution in [3.63, 3.8) is 0 Å². The molecule has 1 heterocycles. The summed E-state index contributed by atoms with van der Waals surface area (Å²) < 4.78 is 20.9. The largest absolute Gasteiger partial charge is 0.445 e. The van der Waals surface area contributed by atoms with Crippen molar-refractivity contribution >= 4 is 24.1 Å². The van der Waals surface area contributed by atoms with Crippen molar-refractivity contribution in [1.82, 2.24) is 10.6 Å². The van der Waals surface area contributed by atoms with Gasteiger partial charge in [0, 0.05) is 24.8 Å². The van der Waals surface area contributed by atoms with Gasteiger partial charge in [-0.15, -0.1) is 0 Å². The predicted molar refractivity (Wildman–Crippen MR) is 108 cm³/mol. The average Bonchev–Trinajstić information content (AvgIpc) is 3.11. The molecule has 1 aromatic carbocycles. The number of ketones is 1. The van der Waals surface area contributed by atoms with E-state index in [1.165, 1.54) is 12.1 Å². The number of aldehydes is 1. The fourth-order valence-electron chi connectivity index (χ4n) is 3.35. The van der Waals surface area contributed by atoms with E-state index < -0.39 is 24.6 Å². The minimum atomic E-state index is -2.36. The second kappa shape index (κ2) is 11.3. The van der Waals surface area contributed by atoms with Gasteiger partial charge < -0.3 is 20.2 Å². The lowest BCUT2D eigenvalue weighted by Gasteiger charge is -2.21. The maximum Gasteiger partial charge on any atom is 0.408 e. The van der Waals surface area contributed by atoms with Crippen LogP contribution in [-0.2, 0) is 25.7 Å². The zero-order chi connectivity index (χ0) is 23.0. The van der Waals surface area contributed by atoms with E-state index in [2.05, 4.69) is 10.6 Å². The normalized spacial score (nSPS) is 19.6. The van der Waals surface area contributed by atoms with Gasteiger partial charge in [0.25, 0.3) is 0 Å². The average molecular weight is 405 g/mol. The summed E-state index contributed by atoms with van der Waals surface area (Å²) in [6.45, 7) is 1.97. The summed E-state index contributed by atoms with van der Waals surface area (Å²) in [4.78, 5) is 48.5. The number of carbonyl (C=O) groups excluding carboxylic acids is 4. The van der Waals surface area contributed by atoms with Gasteiger partial charge in [-0.3, -0.25) is 9.59 Å². The van der Waals surface area contributed by atoms with Gasteiger partial charge in [0.05, 0.1) is 8.78 Å². The monoisotopic (exact) mass is 404 g/mol. The van der Waals surface area contributed by atoms with Crippen molar-refractivity contribution in [2.75, 3.05) is 6.54 Å². The first-order chi connectivity index (χ1) is 14.6. The number of ether oxygens (including phenoxy) is 1. The summed E-state index contributed by atoms with van der Waals surface area (Å²) in [5.41, 5.74) is 0.174. The van der Waals surface area contributed by atoms with Gasteiger partial charge in [0.15, 0.2) is 5.78 Å². The molecule has 0 aliphatic carbocycles. The molecule has 7 heteroatoms. The highest BCUT2D eigenvalue weighted by Crippen LogP contribution is 2.22. The molecule has 2 N–H and O–H groups in total. The quantitative estimate of drug-likeness (QED) is 0.552. The van der Waals surface area contributed by atoms with E-state index >= 15 is 0 Å². The lowest BCUT2D eigenvalue weighted by molar-refractivity contribution is -0.127. The lowest BCUT2D eigenvalue weighted by atomic mass is 9.88. The van der Waals surface area contributed by atoms with E-state index in [1.54, 1.807) is 18.2 Å². The maximum atomic E-state index is 12.9. The number of benzene rings is 1. The molecule has 2 amide bonds. The Morgan fingerprint density at radius 2 is 2.07 bits per heavy atom. The molecule has 1 aliphatic rings. The molecule has 0 spiro atoms. The van der Waals surface area contributed by atoms with E-state index in [0.29, 0.717) is 25.7 Å². The van der Waals surface area contributed by atoms with Crippen molar-refractivity contribution < 1.29 is 26.7 Å². The van der Waals surface area contributed by atoms with E-state index in [1.807, 2.05) is 13.8 Å². The van der Waals surface area contributed by atoms with Gasteiger partial charge in [-0.05, 0) is 30.7 Å². The predicted octanol–water partition coefficient (Wildman–Crippen LogP) is 2.63. The van der Waals surface area contributed by atoms with Crippen molar-refractivity contribution in [2.45, 2.75) is 52.1 Å². The standard InChI is InChI=1S/C22H30N2O5/c1-15(2)10-19(24-22(28)29-14-16-6-4-3-5-7-16)20(26)12-17(13-25)11-18-8-9-23-21(18)27/h3-7,13,15,17-19H,8-12,14H2,1-2H3,(H,23,27)(H,24,28)/t17-,18+,19+/m1/s1/i14D2. The molecule has 0 bridgehead atoms. The Hall–Kier alpha value is -2.70. The number of nitrogens with one attached hydrogen (secondary N) is 2. The first-order valence-corrected chi connectivity index (χ1v) is 9.93. The number of carbonyl (C=O) groups is 4. The molecule has 158 valence electrons. The Balaban J connectivity index is 2.00. The fourth-order valence-corrected chi connectivity index (χ4v) is 3.35. The van der Waals surface area contributed by atoms with Gasteiger partial charge >= 0.3 is 6.09 Å². The van der Waals surface area contributed by atoms with Crippen LogP contribution in [0.1, 0.15) is 47.8 Å². The third-order valence-electron chi connectivity index (χ3n) is 4.83. The van der Waals surface area contributed by atoms with Gasteiger partial charge in [0.2, 0.25) is 5.91 Å². The van der Waals surface area contributed by atoms with Crippen LogP contribution in [0.15, 0.2) is 30.3 Å². The number of alkyl carbamates (subject to hydrolysis) is 1. The van der Waals surface area contributed by atoms with Crippen LogP contribution in [0.2, 0.25) is 0 Å². The first kappa shape index (κ1) is 19.6. The molecule has 7 nitrogen and oxygen atoms in total. The number of hydrogen-bond acceptors (Lipinski definition) is 5. The second-order valence-corrected chi connectivity index (χ2v) is 7.76. The Morgan fingerprint density at radius 3 is 2.66 bits per heavy atom. The van der Waals surface area contributed by atoms with Crippen LogP contribution in [0.5, 0.6) is 0 Å². The van der Waals surface area contributed by atoms with Crippen LogP contribution >= 0.6 is 0 Å². The molecule has 2 rings (SSSR count). The molecule has 1 aliphatic heterocycles. The van der Waals surface area contributed by atoms with Crippen LogP contribution in [0.4, 0.5) is 4.79 Å². The third kappa shape index (κ3) is 7.68. The molecule has 0 aromatic heterocycles. The van der Waals surface area contributed by atoms with Gasteiger partial charge in [-0.2, -0.15) is 0 Å². The topological polar surface area (TPSA) is 102 Å². The Morgan fingerprint density at radius 1 is 1.34 bits per heavy atom. The Labute approximate surface area is 174 Å². The smallest absolute Gasteiger partial charge is 0.408 e. The Kier molecular flexibility index (Phi) is 7.67. The molecule has 0 radical (unpaired) electrons. The zero-order valence-electron chi connectivity index (χ0n) is 18.9. The molecule has 3 atom stereocenters. The van der Waals surface area contributed by atoms with Crippen LogP contribution < -0.4 is 10.6 Å². The molecule has 29 heavy (non-hydrogen) atoms. The van der Waals surface area contributed by atoms with E-state index in [0.717, 1.165) is 0 Å². The Bertz CT molecular complexity index is 785. The summed E-state index contributed by atoms with van der Waals surface area (Å²) in [6, 6.07) is 7.05. The zero-order valence-corrected chi connectivity index (χ0v) is 16.9. The van der Waals surface area contributed by atoms with Crippen LogP contribution in [0, 0.1) is 17.8 Å². The van der Waals surface area contributed by atoms with E-state index in [4.69, 9.17) is 7.48 Å². The summed E-state index contributed by atoms with van der Waals surface area (Å²) >= 11 is 0. The summed E-state index contributed by atoms with van der Waals surface area (Å²) in [7, 11) is 0. The van der Waals surface area contributed by atoms with Crippen LogP contribution in [-0.4, -0.2) is 36.7 Å². The van der Waals surface area contributed by atoms with Gasteiger partial charge in [-0.1, -0.05) is 44.2 Å². The highest BCUT2D eigenvalue weighted by Gasteiger charge is 2.30. The molecular formula is C22H30N2O5. The minimum Gasteiger partial charge on any atom is -0.445 e. The number of hydrogen-bond donors (Lipinski definition) is 2. The second-order valence-electron chi connectivity index (χ2n) is 7.76. The number of amides is 2. The number of Topliss-reactive ketones (excluding diaryl/α,β-unsaturated/α-hetero) is 1. The van der Waals surface area contributed by atoms with Crippen LogP contribution in [0.25, 0.3) is 0 Å². The van der Waals surface area contributed by atoms with Crippen molar-refractivity contribution in [3.05, 3.63) is 35.9 Å². The molecule has 1 fully saturated rings.